The highest BCUT2D eigenvalue weighted by Crippen LogP contribution is 2.29. The standard InChI is InChI=1S/C26H31ClN2O2/c1-2-28-14-11-20-3-4-22(17-23(20)18-28)25(30)9-10-26(31)29-15-12-21(13-16-29)19-5-7-24(27)8-6-19/h3-8,17,21H,2,9-16,18H2,1H3. The van der Waals surface area contributed by atoms with Gasteiger partial charge in [0.15, 0.2) is 5.78 Å². The fourth-order valence-corrected chi connectivity index (χ4v) is 4.90. The Morgan fingerprint density at radius 2 is 1.71 bits per heavy atom. The Morgan fingerprint density at radius 1 is 0.968 bits per heavy atom. The Kier molecular flexibility index (Phi) is 7.09. The molecule has 0 aromatic heterocycles. The molecule has 2 heterocycles. The maximum atomic E-state index is 12.7. The zero-order chi connectivity index (χ0) is 21.8. The minimum atomic E-state index is 0.0702. The number of likely N-dealkylation sites (tertiary alicyclic amines) is 1. The third-order valence-electron chi connectivity index (χ3n) is 6.82. The van der Waals surface area contributed by atoms with Crippen molar-refractivity contribution in [3.8, 4) is 0 Å². The second-order valence-electron chi connectivity index (χ2n) is 8.73. The third-order valence-corrected chi connectivity index (χ3v) is 7.07. The molecule has 0 unspecified atom stereocenters. The molecule has 2 aliphatic heterocycles. The third kappa shape index (κ3) is 5.36. The fraction of sp³-hybridized carbons (Fsp3) is 0.462. The zero-order valence-corrected chi connectivity index (χ0v) is 19.0. The molecule has 0 spiro atoms. The number of fused-ring (bicyclic) bond motifs is 1. The average Bonchev–Trinajstić information content (AvgIpc) is 2.82. The van der Waals surface area contributed by atoms with Gasteiger partial charge >= 0.3 is 0 Å². The van der Waals surface area contributed by atoms with E-state index >= 15 is 0 Å². The number of Topliss-reactive ketones (excluding diaryl/α,β-unsaturated/α-hetero) is 1. The first kappa shape index (κ1) is 22.0. The molecule has 0 N–H and O–H groups in total. The van der Waals surface area contributed by atoms with Gasteiger partial charge in [0.25, 0.3) is 0 Å². The molecule has 2 aromatic carbocycles. The van der Waals surface area contributed by atoms with E-state index in [1.54, 1.807) is 0 Å². The normalized spacial score (nSPS) is 17.4. The topological polar surface area (TPSA) is 40.6 Å². The van der Waals surface area contributed by atoms with Crippen LogP contribution in [-0.4, -0.2) is 47.7 Å². The van der Waals surface area contributed by atoms with Crippen LogP contribution >= 0.6 is 11.6 Å². The van der Waals surface area contributed by atoms with Crippen molar-refractivity contribution < 1.29 is 9.59 Å². The number of halogens is 1. The number of hydrogen-bond acceptors (Lipinski definition) is 3. The number of nitrogens with zero attached hydrogens (tertiary/aromatic N) is 2. The summed E-state index contributed by atoms with van der Waals surface area (Å²) in [6.07, 6.45) is 3.54. The minimum absolute atomic E-state index is 0.0702. The summed E-state index contributed by atoms with van der Waals surface area (Å²) in [7, 11) is 0. The molecule has 1 fully saturated rings. The molecule has 0 aliphatic carbocycles. The SMILES string of the molecule is CCN1CCc2ccc(C(=O)CCC(=O)N3CCC(c4ccc(Cl)cc4)CC3)cc2C1. The van der Waals surface area contributed by atoms with Crippen molar-refractivity contribution in [3.63, 3.8) is 0 Å². The van der Waals surface area contributed by atoms with Gasteiger partial charge in [-0.05, 0) is 66.6 Å². The predicted molar refractivity (Wildman–Crippen MR) is 125 cm³/mol. The zero-order valence-electron chi connectivity index (χ0n) is 18.3. The van der Waals surface area contributed by atoms with E-state index in [2.05, 4.69) is 30.0 Å². The Hall–Kier alpha value is -2.17. The summed E-state index contributed by atoms with van der Waals surface area (Å²) in [6.45, 7) is 6.71. The van der Waals surface area contributed by atoms with E-state index in [1.165, 1.54) is 16.7 Å². The first-order chi connectivity index (χ1) is 15.0. The molecule has 2 aliphatic rings. The van der Waals surface area contributed by atoms with Crippen LogP contribution in [0, 0.1) is 0 Å². The highest BCUT2D eigenvalue weighted by Gasteiger charge is 2.24. The number of carbonyl (C=O) groups excluding carboxylic acids is 2. The molecule has 4 nitrogen and oxygen atoms in total. The maximum absolute atomic E-state index is 12.7. The maximum Gasteiger partial charge on any atom is 0.223 e. The number of amides is 1. The molecule has 0 radical (unpaired) electrons. The molecule has 164 valence electrons. The molecule has 0 saturated carbocycles. The van der Waals surface area contributed by atoms with Crippen LogP contribution in [0.1, 0.15) is 65.6 Å². The summed E-state index contributed by atoms with van der Waals surface area (Å²) < 4.78 is 0. The van der Waals surface area contributed by atoms with E-state index in [1.807, 2.05) is 29.2 Å². The number of benzene rings is 2. The molecule has 0 atom stereocenters. The monoisotopic (exact) mass is 438 g/mol. The van der Waals surface area contributed by atoms with E-state index in [0.29, 0.717) is 12.3 Å². The summed E-state index contributed by atoms with van der Waals surface area (Å²) >= 11 is 5.99. The molecule has 1 saturated heterocycles. The van der Waals surface area contributed by atoms with Crippen LogP contribution in [0.25, 0.3) is 0 Å². The molecule has 0 bridgehead atoms. The van der Waals surface area contributed by atoms with Crippen LogP contribution in [0.15, 0.2) is 42.5 Å². The second kappa shape index (κ2) is 9.97. The van der Waals surface area contributed by atoms with Gasteiger partial charge in [0.05, 0.1) is 0 Å². The molecular formula is C26H31ClN2O2. The molecule has 1 amide bonds. The van der Waals surface area contributed by atoms with Crippen LogP contribution < -0.4 is 0 Å². The van der Waals surface area contributed by atoms with Crippen molar-refractivity contribution in [1.82, 2.24) is 9.80 Å². The van der Waals surface area contributed by atoms with Gasteiger partial charge in [0.2, 0.25) is 5.91 Å². The van der Waals surface area contributed by atoms with Crippen molar-refractivity contribution in [2.45, 2.75) is 51.5 Å². The molecule has 5 heteroatoms. The average molecular weight is 439 g/mol. The molecular weight excluding hydrogens is 408 g/mol. The van der Waals surface area contributed by atoms with E-state index in [4.69, 9.17) is 11.6 Å². The minimum Gasteiger partial charge on any atom is -0.343 e. The van der Waals surface area contributed by atoms with Crippen molar-refractivity contribution in [2.75, 3.05) is 26.2 Å². The first-order valence-electron chi connectivity index (χ1n) is 11.4. The fourth-order valence-electron chi connectivity index (χ4n) is 4.78. The predicted octanol–water partition coefficient (Wildman–Crippen LogP) is 5.09. The van der Waals surface area contributed by atoms with Crippen LogP contribution in [-0.2, 0) is 17.8 Å². The van der Waals surface area contributed by atoms with Gasteiger partial charge in [0.1, 0.15) is 0 Å². The van der Waals surface area contributed by atoms with E-state index < -0.39 is 0 Å². The number of piperidine rings is 1. The molecule has 4 rings (SSSR count). The molecule has 31 heavy (non-hydrogen) atoms. The van der Waals surface area contributed by atoms with Crippen LogP contribution in [0.4, 0.5) is 0 Å². The number of likely N-dealkylation sites (N-methyl/N-ethyl adjacent to an activating group) is 1. The summed E-state index contributed by atoms with van der Waals surface area (Å²) in [6, 6.07) is 14.1. The smallest absolute Gasteiger partial charge is 0.223 e. The first-order valence-corrected chi connectivity index (χ1v) is 11.8. The van der Waals surface area contributed by atoms with E-state index in [9.17, 15) is 9.59 Å². The van der Waals surface area contributed by atoms with Crippen molar-refractivity contribution in [3.05, 3.63) is 69.7 Å². The number of hydrogen-bond donors (Lipinski definition) is 0. The summed E-state index contributed by atoms with van der Waals surface area (Å²) in [4.78, 5) is 29.7. The van der Waals surface area contributed by atoms with Crippen molar-refractivity contribution >= 4 is 23.3 Å². The van der Waals surface area contributed by atoms with Crippen LogP contribution in [0.5, 0.6) is 0 Å². The Balaban J connectivity index is 1.27. The van der Waals surface area contributed by atoms with Gasteiger partial charge in [0, 0.05) is 49.6 Å². The Morgan fingerprint density at radius 3 is 2.42 bits per heavy atom. The van der Waals surface area contributed by atoms with E-state index in [-0.39, 0.29) is 18.1 Å². The lowest BCUT2D eigenvalue weighted by molar-refractivity contribution is -0.132. The lowest BCUT2D eigenvalue weighted by Crippen LogP contribution is -2.38. The van der Waals surface area contributed by atoms with Gasteiger partial charge in [-0.1, -0.05) is 42.8 Å². The van der Waals surface area contributed by atoms with Gasteiger partial charge < -0.3 is 4.90 Å². The number of rotatable bonds is 6. The van der Waals surface area contributed by atoms with Gasteiger partial charge in [-0.2, -0.15) is 0 Å². The van der Waals surface area contributed by atoms with Crippen molar-refractivity contribution in [2.24, 2.45) is 0 Å². The number of ketones is 1. The van der Waals surface area contributed by atoms with Crippen LogP contribution in [0.2, 0.25) is 5.02 Å². The van der Waals surface area contributed by atoms with Crippen LogP contribution in [0.3, 0.4) is 0 Å². The van der Waals surface area contributed by atoms with Gasteiger partial charge in [-0.15, -0.1) is 0 Å². The highest BCUT2D eigenvalue weighted by atomic mass is 35.5. The molecule has 2 aromatic rings. The second-order valence-corrected chi connectivity index (χ2v) is 9.17. The van der Waals surface area contributed by atoms with E-state index in [0.717, 1.165) is 62.6 Å². The highest BCUT2D eigenvalue weighted by molar-refractivity contribution is 6.30. The largest absolute Gasteiger partial charge is 0.343 e. The quantitative estimate of drug-likeness (QED) is 0.590. The summed E-state index contributed by atoms with van der Waals surface area (Å²) in [5.41, 5.74) is 4.64. The lowest BCUT2D eigenvalue weighted by atomic mass is 9.89. The summed E-state index contributed by atoms with van der Waals surface area (Å²) in [5, 5.41) is 0.752. The lowest BCUT2D eigenvalue weighted by Gasteiger charge is -2.32. The summed E-state index contributed by atoms with van der Waals surface area (Å²) in [5.74, 6) is 0.639. The Bertz CT molecular complexity index is 933. The van der Waals surface area contributed by atoms with Crippen molar-refractivity contribution in [1.29, 1.82) is 0 Å². The van der Waals surface area contributed by atoms with Gasteiger partial charge in [-0.3, -0.25) is 14.5 Å². The number of carbonyl (C=O) groups is 2. The van der Waals surface area contributed by atoms with Gasteiger partial charge in [-0.25, -0.2) is 0 Å². The Labute approximate surface area is 190 Å².